The Morgan fingerprint density at radius 1 is 1.32 bits per heavy atom. The molecular weight excluding hydrogens is 363 g/mol. The van der Waals surface area contributed by atoms with Gasteiger partial charge in [0.25, 0.3) is 0 Å². The van der Waals surface area contributed by atoms with Crippen molar-refractivity contribution in [2.45, 2.75) is 58.6 Å². The molecule has 0 radical (unpaired) electrons. The number of amides is 2. The standard InChI is InChI=1S/C21H31FN2O4/c1-4-28-20(27)24-18(14(2)3)19(26)23-13-21(11-5-6-17(21)25)12-15-7-9-16(22)10-8-15/h7-10,14,17-18,25H,4-6,11-13H2,1-3H3,(H,23,26)(H,24,27)/t17-,18-,21-/m0/s1. The van der Waals surface area contributed by atoms with E-state index in [1.54, 1.807) is 19.1 Å². The predicted molar refractivity (Wildman–Crippen MR) is 104 cm³/mol. The Morgan fingerprint density at radius 2 is 2.00 bits per heavy atom. The van der Waals surface area contributed by atoms with Crippen LogP contribution in [0.2, 0.25) is 0 Å². The summed E-state index contributed by atoms with van der Waals surface area (Å²) in [6, 6.07) is 5.51. The second kappa shape index (κ2) is 9.87. The van der Waals surface area contributed by atoms with Crippen LogP contribution in [0.15, 0.2) is 24.3 Å². The van der Waals surface area contributed by atoms with E-state index in [-0.39, 0.29) is 30.8 Å². The van der Waals surface area contributed by atoms with E-state index in [0.29, 0.717) is 12.8 Å². The molecular formula is C21H31FN2O4. The molecule has 0 heterocycles. The first-order valence-electron chi connectivity index (χ1n) is 9.91. The maximum atomic E-state index is 13.2. The third-order valence-electron chi connectivity index (χ3n) is 5.44. The first-order chi connectivity index (χ1) is 13.3. The molecule has 0 aliphatic heterocycles. The zero-order chi connectivity index (χ0) is 20.7. The van der Waals surface area contributed by atoms with Crippen LogP contribution >= 0.6 is 0 Å². The number of carbonyl (C=O) groups is 2. The van der Waals surface area contributed by atoms with Gasteiger partial charge in [0.15, 0.2) is 0 Å². The van der Waals surface area contributed by atoms with Gasteiger partial charge in [0.1, 0.15) is 11.9 Å². The van der Waals surface area contributed by atoms with Crippen molar-refractivity contribution in [3.63, 3.8) is 0 Å². The lowest BCUT2D eigenvalue weighted by Gasteiger charge is -2.34. The summed E-state index contributed by atoms with van der Waals surface area (Å²) in [6.45, 7) is 5.90. The number of halogens is 1. The molecule has 1 saturated carbocycles. The number of benzene rings is 1. The molecule has 0 bridgehead atoms. The van der Waals surface area contributed by atoms with Gasteiger partial charge in [0.05, 0.1) is 12.7 Å². The van der Waals surface area contributed by atoms with Crippen LogP contribution in [-0.4, -0.2) is 42.4 Å². The lowest BCUT2D eigenvalue weighted by atomic mass is 9.78. The maximum Gasteiger partial charge on any atom is 0.407 e. The molecule has 0 saturated heterocycles. The molecule has 156 valence electrons. The average molecular weight is 394 g/mol. The van der Waals surface area contributed by atoms with Crippen LogP contribution in [0.5, 0.6) is 0 Å². The number of aliphatic hydroxyl groups excluding tert-OH is 1. The molecule has 2 rings (SSSR count). The molecule has 3 N–H and O–H groups in total. The van der Waals surface area contributed by atoms with Gasteiger partial charge in [-0.1, -0.05) is 32.4 Å². The normalized spacial score (nSPS) is 22.7. The monoisotopic (exact) mass is 394 g/mol. The number of ether oxygens (including phenoxy) is 1. The molecule has 1 aliphatic carbocycles. The van der Waals surface area contributed by atoms with Crippen LogP contribution in [0.1, 0.15) is 45.6 Å². The topological polar surface area (TPSA) is 87.7 Å². The number of carbonyl (C=O) groups excluding carboxylic acids is 2. The van der Waals surface area contributed by atoms with Crippen molar-refractivity contribution in [2.24, 2.45) is 11.3 Å². The fourth-order valence-corrected chi connectivity index (χ4v) is 3.81. The van der Waals surface area contributed by atoms with Crippen LogP contribution in [0.3, 0.4) is 0 Å². The maximum absolute atomic E-state index is 13.2. The van der Waals surface area contributed by atoms with Gasteiger partial charge in [-0.05, 0) is 49.8 Å². The molecule has 2 amide bonds. The summed E-state index contributed by atoms with van der Waals surface area (Å²) in [6.07, 6.45) is 1.68. The minimum Gasteiger partial charge on any atom is -0.450 e. The summed E-state index contributed by atoms with van der Waals surface area (Å²) in [5.74, 6) is -0.727. The van der Waals surface area contributed by atoms with Gasteiger partial charge in [-0.15, -0.1) is 0 Å². The molecule has 3 atom stereocenters. The van der Waals surface area contributed by atoms with Gasteiger partial charge in [-0.3, -0.25) is 4.79 Å². The van der Waals surface area contributed by atoms with Crippen molar-refractivity contribution in [3.05, 3.63) is 35.6 Å². The van der Waals surface area contributed by atoms with Gasteiger partial charge in [0.2, 0.25) is 5.91 Å². The largest absolute Gasteiger partial charge is 0.450 e. The van der Waals surface area contributed by atoms with Crippen molar-refractivity contribution in [3.8, 4) is 0 Å². The highest BCUT2D eigenvalue weighted by atomic mass is 19.1. The summed E-state index contributed by atoms with van der Waals surface area (Å²) in [5.41, 5.74) is 0.417. The Morgan fingerprint density at radius 3 is 2.54 bits per heavy atom. The van der Waals surface area contributed by atoms with Crippen LogP contribution in [0.4, 0.5) is 9.18 Å². The number of rotatable bonds is 8. The van der Waals surface area contributed by atoms with Crippen molar-refractivity contribution in [1.29, 1.82) is 0 Å². The van der Waals surface area contributed by atoms with Crippen LogP contribution < -0.4 is 10.6 Å². The zero-order valence-electron chi connectivity index (χ0n) is 16.8. The minimum absolute atomic E-state index is 0.119. The fourth-order valence-electron chi connectivity index (χ4n) is 3.81. The Labute approximate surface area is 165 Å². The van der Waals surface area contributed by atoms with E-state index in [0.717, 1.165) is 18.4 Å². The molecule has 1 aliphatic rings. The Bertz CT molecular complexity index is 665. The van der Waals surface area contributed by atoms with Crippen LogP contribution in [-0.2, 0) is 16.0 Å². The lowest BCUT2D eigenvalue weighted by molar-refractivity contribution is -0.125. The summed E-state index contributed by atoms with van der Waals surface area (Å²) in [5, 5.41) is 16.1. The third kappa shape index (κ3) is 5.67. The Hall–Kier alpha value is -2.15. The number of aliphatic hydroxyl groups is 1. The number of nitrogens with one attached hydrogen (secondary N) is 2. The summed E-state index contributed by atoms with van der Waals surface area (Å²) >= 11 is 0. The molecule has 0 aromatic heterocycles. The summed E-state index contributed by atoms with van der Waals surface area (Å²) in [4.78, 5) is 24.4. The van der Waals surface area contributed by atoms with Crippen molar-refractivity contribution >= 4 is 12.0 Å². The molecule has 7 heteroatoms. The van der Waals surface area contributed by atoms with Gasteiger partial charge in [-0.2, -0.15) is 0 Å². The summed E-state index contributed by atoms with van der Waals surface area (Å²) in [7, 11) is 0. The first-order valence-corrected chi connectivity index (χ1v) is 9.91. The van der Waals surface area contributed by atoms with Gasteiger partial charge < -0.3 is 20.5 Å². The van der Waals surface area contributed by atoms with Crippen molar-refractivity contribution in [1.82, 2.24) is 10.6 Å². The molecule has 1 aromatic carbocycles. The van der Waals surface area contributed by atoms with E-state index in [9.17, 15) is 19.1 Å². The second-order valence-corrected chi connectivity index (χ2v) is 7.88. The highest BCUT2D eigenvalue weighted by Crippen LogP contribution is 2.41. The van der Waals surface area contributed by atoms with Gasteiger partial charge in [-0.25, -0.2) is 9.18 Å². The number of alkyl carbamates (subject to hydrolysis) is 1. The molecule has 6 nitrogen and oxygen atoms in total. The smallest absolute Gasteiger partial charge is 0.407 e. The van der Waals surface area contributed by atoms with Gasteiger partial charge >= 0.3 is 6.09 Å². The van der Waals surface area contributed by atoms with Crippen LogP contribution in [0.25, 0.3) is 0 Å². The van der Waals surface area contributed by atoms with Crippen molar-refractivity contribution < 1.29 is 23.8 Å². The van der Waals surface area contributed by atoms with Gasteiger partial charge in [0, 0.05) is 12.0 Å². The van der Waals surface area contributed by atoms with E-state index in [1.165, 1.54) is 12.1 Å². The lowest BCUT2D eigenvalue weighted by Crippen LogP contribution is -2.53. The highest BCUT2D eigenvalue weighted by Gasteiger charge is 2.42. The molecule has 1 aromatic rings. The minimum atomic E-state index is -0.722. The second-order valence-electron chi connectivity index (χ2n) is 7.88. The van der Waals surface area contributed by atoms with E-state index in [2.05, 4.69) is 10.6 Å². The zero-order valence-corrected chi connectivity index (χ0v) is 16.8. The molecule has 0 unspecified atom stereocenters. The first kappa shape index (κ1) is 22.1. The summed E-state index contributed by atoms with van der Waals surface area (Å²) < 4.78 is 18.1. The van der Waals surface area contributed by atoms with E-state index >= 15 is 0 Å². The molecule has 0 spiro atoms. The van der Waals surface area contributed by atoms with Crippen molar-refractivity contribution in [2.75, 3.05) is 13.2 Å². The Balaban J connectivity index is 2.06. The highest BCUT2D eigenvalue weighted by molar-refractivity contribution is 5.85. The van der Waals surface area contributed by atoms with E-state index in [1.807, 2.05) is 13.8 Å². The molecule has 1 fully saturated rings. The molecule has 28 heavy (non-hydrogen) atoms. The number of hydrogen-bond acceptors (Lipinski definition) is 4. The predicted octanol–water partition coefficient (Wildman–Crippen LogP) is 2.79. The third-order valence-corrected chi connectivity index (χ3v) is 5.44. The van der Waals surface area contributed by atoms with E-state index < -0.39 is 23.7 Å². The fraction of sp³-hybridized carbons (Fsp3) is 0.619. The quantitative estimate of drug-likeness (QED) is 0.633. The number of hydrogen-bond donors (Lipinski definition) is 3. The Kier molecular flexibility index (Phi) is 7.80. The van der Waals surface area contributed by atoms with E-state index in [4.69, 9.17) is 4.74 Å². The average Bonchev–Trinajstić information content (AvgIpc) is 3.00. The SMILES string of the molecule is CCOC(=O)N[C@H](C(=O)NC[C@@]1(Cc2ccc(F)cc2)CCC[C@@H]1O)C(C)C. The van der Waals surface area contributed by atoms with Crippen LogP contribution in [0, 0.1) is 17.2 Å².